The third-order valence-electron chi connectivity index (χ3n) is 2.26. The Morgan fingerprint density at radius 3 is 3.08 bits per heavy atom. The minimum atomic E-state index is -0.718. The summed E-state index contributed by atoms with van der Waals surface area (Å²) in [5, 5.41) is 12.5. The molecule has 2 N–H and O–H groups in total. The van der Waals surface area contributed by atoms with Crippen molar-refractivity contribution < 1.29 is 9.90 Å². The molecule has 1 heterocycles. The fraction of sp³-hybridized carbons (Fsp3) is 0.889. The molecular weight excluding hydrogens is 186 g/mol. The molecule has 0 aliphatic carbocycles. The first-order valence-corrected chi connectivity index (χ1v) is 5.86. The maximum atomic E-state index is 10.7. The minimum Gasteiger partial charge on any atom is -0.480 e. The molecule has 0 aromatic rings. The quantitative estimate of drug-likeness (QED) is 0.726. The molecule has 13 heavy (non-hydrogen) atoms. The van der Waals surface area contributed by atoms with Crippen molar-refractivity contribution in [1.29, 1.82) is 0 Å². The summed E-state index contributed by atoms with van der Waals surface area (Å²) >= 11 is 1.80. The molecule has 0 bridgehead atoms. The van der Waals surface area contributed by atoms with Crippen molar-refractivity contribution in [3.8, 4) is 0 Å². The Balaban J connectivity index is 2.35. The van der Waals surface area contributed by atoms with E-state index in [2.05, 4.69) is 12.2 Å². The summed E-state index contributed by atoms with van der Waals surface area (Å²) in [5.74, 6) is -0.00958. The lowest BCUT2D eigenvalue weighted by atomic mass is 10.2. The average molecular weight is 203 g/mol. The summed E-state index contributed by atoms with van der Waals surface area (Å²) in [7, 11) is 0. The number of hydrogen-bond acceptors (Lipinski definition) is 3. The highest BCUT2D eigenvalue weighted by Gasteiger charge is 2.22. The Bertz CT molecular complexity index is 175. The normalized spacial score (nSPS) is 29.6. The number of hydrogen-bond donors (Lipinski definition) is 2. The van der Waals surface area contributed by atoms with Crippen LogP contribution in [0.15, 0.2) is 0 Å². The van der Waals surface area contributed by atoms with Gasteiger partial charge in [-0.25, -0.2) is 0 Å². The molecule has 0 saturated carbocycles. The average Bonchev–Trinajstić information content (AvgIpc) is 2.30. The van der Waals surface area contributed by atoms with Crippen LogP contribution in [0.25, 0.3) is 0 Å². The van der Waals surface area contributed by atoms with Crippen molar-refractivity contribution >= 4 is 17.7 Å². The summed E-state index contributed by atoms with van der Waals surface area (Å²) in [4.78, 5) is 10.7. The lowest BCUT2D eigenvalue weighted by molar-refractivity contribution is -0.138. The summed E-state index contributed by atoms with van der Waals surface area (Å²) in [6, 6.07) is -0.341. The molecular formula is C9H17NO2S. The molecule has 3 nitrogen and oxygen atoms in total. The van der Waals surface area contributed by atoms with Crippen LogP contribution < -0.4 is 5.32 Å². The highest BCUT2D eigenvalue weighted by Crippen LogP contribution is 2.22. The Kier molecular flexibility index (Phi) is 4.59. The van der Waals surface area contributed by atoms with Gasteiger partial charge in [-0.1, -0.05) is 13.3 Å². The first-order valence-electron chi connectivity index (χ1n) is 4.81. The Morgan fingerprint density at radius 2 is 2.46 bits per heavy atom. The van der Waals surface area contributed by atoms with E-state index >= 15 is 0 Å². The van der Waals surface area contributed by atoms with Gasteiger partial charge in [-0.2, -0.15) is 11.8 Å². The third kappa shape index (κ3) is 3.56. The monoisotopic (exact) mass is 203 g/mol. The second-order valence-electron chi connectivity index (χ2n) is 3.38. The minimum absolute atomic E-state index is 0.341. The maximum Gasteiger partial charge on any atom is 0.321 e. The number of carboxylic acid groups (broad SMARTS) is 1. The van der Waals surface area contributed by atoms with Gasteiger partial charge in [-0.3, -0.25) is 4.79 Å². The van der Waals surface area contributed by atoms with Gasteiger partial charge in [-0.05, 0) is 19.4 Å². The van der Waals surface area contributed by atoms with Gasteiger partial charge in [0.1, 0.15) is 6.04 Å². The summed E-state index contributed by atoms with van der Waals surface area (Å²) in [5.41, 5.74) is 0. The molecule has 1 unspecified atom stereocenters. The van der Waals surface area contributed by atoms with Crippen LogP contribution in [0, 0.1) is 0 Å². The van der Waals surface area contributed by atoms with Gasteiger partial charge in [0.05, 0.1) is 0 Å². The fourth-order valence-corrected chi connectivity index (χ4v) is 2.91. The van der Waals surface area contributed by atoms with Gasteiger partial charge in [0.2, 0.25) is 0 Å². The second-order valence-corrected chi connectivity index (χ2v) is 4.71. The van der Waals surface area contributed by atoms with Crippen molar-refractivity contribution in [1.82, 2.24) is 5.32 Å². The molecule has 1 aliphatic heterocycles. The topological polar surface area (TPSA) is 49.3 Å². The number of rotatable bonds is 3. The number of carboxylic acids is 1. The van der Waals surface area contributed by atoms with E-state index in [4.69, 9.17) is 5.11 Å². The standard InChI is InChI=1S/C9H17NO2S/c1-2-3-7-4-5-10-8(6-13-7)9(11)12/h7-8,10H,2-6H2,1H3,(H,11,12)/t7?,8-/m0/s1. The Labute approximate surface area is 83.3 Å². The van der Waals surface area contributed by atoms with Crippen LogP contribution in [0.4, 0.5) is 0 Å². The molecule has 1 fully saturated rings. The van der Waals surface area contributed by atoms with Gasteiger partial charge >= 0.3 is 5.97 Å². The van der Waals surface area contributed by atoms with Crippen LogP contribution in [0.5, 0.6) is 0 Å². The van der Waals surface area contributed by atoms with Gasteiger partial charge in [0.25, 0.3) is 0 Å². The highest BCUT2D eigenvalue weighted by molar-refractivity contribution is 8.00. The first-order chi connectivity index (χ1) is 6.24. The lowest BCUT2D eigenvalue weighted by Crippen LogP contribution is -2.37. The van der Waals surface area contributed by atoms with Crippen LogP contribution in [0.1, 0.15) is 26.2 Å². The third-order valence-corrected chi connectivity index (χ3v) is 3.73. The molecule has 0 amide bonds. The number of aliphatic carboxylic acids is 1. The van der Waals surface area contributed by atoms with Crippen molar-refractivity contribution in [2.45, 2.75) is 37.5 Å². The fourth-order valence-electron chi connectivity index (χ4n) is 1.50. The molecule has 1 rings (SSSR count). The van der Waals surface area contributed by atoms with Crippen molar-refractivity contribution in [3.63, 3.8) is 0 Å². The molecule has 4 heteroatoms. The van der Waals surface area contributed by atoms with Crippen LogP contribution >= 0.6 is 11.8 Å². The van der Waals surface area contributed by atoms with Crippen molar-refractivity contribution in [2.75, 3.05) is 12.3 Å². The molecule has 2 atom stereocenters. The number of carbonyl (C=O) groups is 1. The van der Waals surface area contributed by atoms with Crippen LogP contribution in [0.2, 0.25) is 0 Å². The molecule has 0 aromatic carbocycles. The molecule has 0 spiro atoms. The van der Waals surface area contributed by atoms with E-state index in [0.717, 1.165) is 13.0 Å². The zero-order valence-corrected chi connectivity index (χ0v) is 8.77. The predicted octanol–water partition coefficient (Wildman–Crippen LogP) is 1.33. The number of nitrogens with one attached hydrogen (secondary N) is 1. The zero-order chi connectivity index (χ0) is 9.68. The maximum absolute atomic E-state index is 10.7. The van der Waals surface area contributed by atoms with E-state index in [1.54, 1.807) is 11.8 Å². The molecule has 76 valence electrons. The van der Waals surface area contributed by atoms with Gasteiger partial charge in [0, 0.05) is 11.0 Å². The van der Waals surface area contributed by atoms with Crippen LogP contribution in [0.3, 0.4) is 0 Å². The van der Waals surface area contributed by atoms with Gasteiger partial charge in [0.15, 0.2) is 0 Å². The molecule has 0 radical (unpaired) electrons. The van der Waals surface area contributed by atoms with Crippen molar-refractivity contribution in [2.24, 2.45) is 0 Å². The van der Waals surface area contributed by atoms with E-state index in [9.17, 15) is 4.79 Å². The molecule has 0 aromatic heterocycles. The Hall–Kier alpha value is -0.220. The number of thioether (sulfide) groups is 1. The highest BCUT2D eigenvalue weighted by atomic mass is 32.2. The lowest BCUT2D eigenvalue weighted by Gasteiger charge is -2.11. The predicted molar refractivity (Wildman–Crippen MR) is 55.2 cm³/mol. The Morgan fingerprint density at radius 1 is 1.69 bits per heavy atom. The van der Waals surface area contributed by atoms with E-state index in [1.807, 2.05) is 0 Å². The zero-order valence-electron chi connectivity index (χ0n) is 7.95. The molecule has 1 aliphatic rings. The summed E-state index contributed by atoms with van der Waals surface area (Å²) < 4.78 is 0. The summed E-state index contributed by atoms with van der Waals surface area (Å²) in [6.07, 6.45) is 3.50. The van der Waals surface area contributed by atoms with E-state index in [-0.39, 0.29) is 6.04 Å². The van der Waals surface area contributed by atoms with Gasteiger partial charge in [-0.15, -0.1) is 0 Å². The van der Waals surface area contributed by atoms with Gasteiger partial charge < -0.3 is 10.4 Å². The van der Waals surface area contributed by atoms with E-state index < -0.39 is 5.97 Å². The van der Waals surface area contributed by atoms with Crippen molar-refractivity contribution in [3.05, 3.63) is 0 Å². The van der Waals surface area contributed by atoms with Crippen LogP contribution in [-0.2, 0) is 4.79 Å². The first kappa shape index (κ1) is 10.9. The van der Waals surface area contributed by atoms with Crippen LogP contribution in [-0.4, -0.2) is 34.7 Å². The largest absolute Gasteiger partial charge is 0.480 e. The second kappa shape index (κ2) is 5.50. The molecule has 1 saturated heterocycles. The van der Waals surface area contributed by atoms with E-state index in [1.165, 1.54) is 12.8 Å². The SMILES string of the molecule is CCCC1CCN[C@H](C(=O)O)CS1. The smallest absolute Gasteiger partial charge is 0.321 e. The van der Waals surface area contributed by atoms with E-state index in [0.29, 0.717) is 11.0 Å². The summed E-state index contributed by atoms with van der Waals surface area (Å²) in [6.45, 7) is 3.02.